The summed E-state index contributed by atoms with van der Waals surface area (Å²) in [5, 5.41) is 22.3. The summed E-state index contributed by atoms with van der Waals surface area (Å²) < 4.78 is 31.7. The van der Waals surface area contributed by atoms with Crippen molar-refractivity contribution in [2.24, 2.45) is 10.7 Å². The highest BCUT2D eigenvalue weighted by atomic mass is 32.1. The first-order chi connectivity index (χ1) is 13.1. The maximum atomic E-state index is 11.5. The Labute approximate surface area is 164 Å². The van der Waals surface area contributed by atoms with E-state index >= 15 is 0 Å². The predicted molar refractivity (Wildman–Crippen MR) is 99.2 cm³/mol. The number of aromatic nitrogens is 2. The highest BCUT2D eigenvalue weighted by Crippen LogP contribution is 2.13. The van der Waals surface area contributed by atoms with Gasteiger partial charge in [0.1, 0.15) is 10.0 Å². The zero-order valence-electron chi connectivity index (χ0n) is 15.7. The molecule has 9 nitrogen and oxygen atoms in total. The first kappa shape index (κ1) is 25.6. The Balaban J connectivity index is 0.000000887. The monoisotopic (exact) mass is 426 g/mol. The topological polar surface area (TPSA) is 143 Å². The number of carboxylic acid groups (broad SMARTS) is 1. The van der Waals surface area contributed by atoms with Crippen molar-refractivity contribution >= 4 is 29.3 Å². The van der Waals surface area contributed by atoms with Gasteiger partial charge in [-0.05, 0) is 19.8 Å². The first-order valence-electron chi connectivity index (χ1n) is 8.50. The Morgan fingerprint density at radius 1 is 1.25 bits per heavy atom. The van der Waals surface area contributed by atoms with Crippen LogP contribution in [0.25, 0.3) is 0 Å². The van der Waals surface area contributed by atoms with Crippen LogP contribution in [0.1, 0.15) is 42.6 Å². The maximum absolute atomic E-state index is 11.5. The van der Waals surface area contributed by atoms with E-state index in [4.69, 9.17) is 15.6 Å². The molecule has 5 N–H and O–H groups in total. The van der Waals surface area contributed by atoms with Gasteiger partial charge in [0, 0.05) is 19.5 Å². The summed E-state index contributed by atoms with van der Waals surface area (Å²) >= 11 is 1.59. The lowest BCUT2D eigenvalue weighted by molar-refractivity contribution is -0.192. The Bertz CT molecular complexity index is 637. The molecule has 1 rings (SSSR count). The van der Waals surface area contributed by atoms with Gasteiger partial charge >= 0.3 is 18.2 Å². The second-order valence-corrected chi connectivity index (χ2v) is 6.74. The minimum atomic E-state index is -5.08. The van der Waals surface area contributed by atoms with E-state index in [9.17, 15) is 18.0 Å². The van der Waals surface area contributed by atoms with Crippen molar-refractivity contribution in [1.29, 1.82) is 0 Å². The number of rotatable bonds is 8. The van der Waals surface area contributed by atoms with Gasteiger partial charge < -0.3 is 16.2 Å². The number of urea groups is 1. The van der Waals surface area contributed by atoms with Gasteiger partial charge in [-0.1, -0.05) is 19.8 Å². The highest BCUT2D eigenvalue weighted by molar-refractivity contribution is 7.11. The van der Waals surface area contributed by atoms with E-state index in [0.717, 1.165) is 42.1 Å². The van der Waals surface area contributed by atoms with Crippen LogP contribution in [-0.4, -0.2) is 52.5 Å². The van der Waals surface area contributed by atoms with E-state index in [1.165, 1.54) is 0 Å². The van der Waals surface area contributed by atoms with Crippen molar-refractivity contribution in [3.05, 3.63) is 10.0 Å². The SMILES string of the molecule is CCCCCNC(=O)NC(N)=NCCCc1nnc(C)s1.O=C(O)C(F)(F)F. The number of aliphatic carboxylic acids is 1. The number of nitrogens with two attached hydrogens (primary N) is 1. The fourth-order valence-electron chi connectivity index (χ4n) is 1.65. The van der Waals surface area contributed by atoms with Gasteiger partial charge in [0.15, 0.2) is 5.96 Å². The first-order valence-corrected chi connectivity index (χ1v) is 9.31. The molecule has 1 heterocycles. The molecule has 0 saturated heterocycles. The van der Waals surface area contributed by atoms with Gasteiger partial charge in [-0.15, -0.1) is 21.5 Å². The van der Waals surface area contributed by atoms with Crippen LogP contribution >= 0.6 is 11.3 Å². The molecule has 0 aliphatic heterocycles. The molecule has 13 heteroatoms. The van der Waals surface area contributed by atoms with Gasteiger partial charge in [-0.3, -0.25) is 10.3 Å². The van der Waals surface area contributed by atoms with E-state index in [-0.39, 0.29) is 12.0 Å². The quantitative estimate of drug-likeness (QED) is 0.285. The van der Waals surface area contributed by atoms with Gasteiger partial charge in [-0.25, -0.2) is 9.59 Å². The normalized spacial score (nSPS) is 11.4. The molecule has 0 aliphatic rings. The van der Waals surface area contributed by atoms with Gasteiger partial charge in [0.25, 0.3) is 0 Å². The average Bonchev–Trinajstić information content (AvgIpc) is 3.00. The molecule has 0 saturated carbocycles. The summed E-state index contributed by atoms with van der Waals surface area (Å²) in [6.45, 7) is 5.26. The third-order valence-corrected chi connectivity index (χ3v) is 3.85. The zero-order chi connectivity index (χ0) is 21.6. The lowest BCUT2D eigenvalue weighted by atomic mass is 10.2. The highest BCUT2D eigenvalue weighted by Gasteiger charge is 2.38. The summed E-state index contributed by atoms with van der Waals surface area (Å²) in [5.41, 5.74) is 5.64. The summed E-state index contributed by atoms with van der Waals surface area (Å²) in [6.07, 6.45) is -0.223. The number of guanidine groups is 1. The number of hydrogen-bond donors (Lipinski definition) is 4. The second-order valence-electron chi connectivity index (χ2n) is 5.48. The Kier molecular flexibility index (Phi) is 12.5. The second kappa shape index (κ2) is 13.7. The fraction of sp³-hybridized carbons (Fsp3) is 0.667. The Morgan fingerprint density at radius 3 is 2.39 bits per heavy atom. The van der Waals surface area contributed by atoms with E-state index in [1.54, 1.807) is 11.3 Å². The molecule has 0 bridgehead atoms. The van der Waals surface area contributed by atoms with E-state index in [0.29, 0.717) is 13.1 Å². The number of carbonyl (C=O) groups excluding carboxylic acids is 1. The molecule has 0 aliphatic carbocycles. The maximum Gasteiger partial charge on any atom is 0.490 e. The molecule has 0 unspecified atom stereocenters. The number of halogens is 3. The Hall–Kier alpha value is -2.44. The van der Waals surface area contributed by atoms with E-state index < -0.39 is 12.1 Å². The standard InChI is InChI=1S/C13H24N6OS.C2HF3O2/c1-3-4-5-8-16-13(20)17-12(14)15-9-6-7-11-19-18-10(2)21-11;3-2(4,5)1(6)7/h3-9H2,1-2H3,(H4,14,15,16,17,20);(H,6,7). The average molecular weight is 426 g/mol. The van der Waals surface area contributed by atoms with Gasteiger partial charge in [0.05, 0.1) is 0 Å². The molecule has 0 atom stereocenters. The van der Waals surface area contributed by atoms with Crippen LogP contribution in [0.4, 0.5) is 18.0 Å². The van der Waals surface area contributed by atoms with Crippen molar-refractivity contribution in [1.82, 2.24) is 20.8 Å². The summed E-state index contributed by atoms with van der Waals surface area (Å²) in [4.78, 5) is 24.5. The number of amides is 2. The number of unbranched alkanes of at least 4 members (excludes halogenated alkanes) is 2. The molecular formula is C15H25F3N6O3S. The van der Waals surface area contributed by atoms with Gasteiger partial charge in [0.2, 0.25) is 0 Å². The van der Waals surface area contributed by atoms with Crippen molar-refractivity contribution in [3.8, 4) is 0 Å². The van der Waals surface area contributed by atoms with Crippen LogP contribution < -0.4 is 16.4 Å². The van der Waals surface area contributed by atoms with Crippen LogP contribution in [0, 0.1) is 6.92 Å². The Morgan fingerprint density at radius 2 is 1.89 bits per heavy atom. The number of nitrogens with zero attached hydrogens (tertiary/aromatic N) is 3. The number of hydrogen-bond acceptors (Lipinski definition) is 6. The van der Waals surface area contributed by atoms with Gasteiger partial charge in [-0.2, -0.15) is 13.2 Å². The molecular weight excluding hydrogens is 401 g/mol. The molecule has 2 amide bonds. The van der Waals surface area contributed by atoms with Crippen LogP contribution in [0.15, 0.2) is 4.99 Å². The lowest BCUT2D eigenvalue weighted by Gasteiger charge is -2.06. The zero-order valence-corrected chi connectivity index (χ0v) is 16.5. The number of aliphatic imine (C=N–C) groups is 1. The van der Waals surface area contributed by atoms with Crippen LogP contribution in [0.5, 0.6) is 0 Å². The molecule has 0 spiro atoms. The smallest absolute Gasteiger partial charge is 0.475 e. The van der Waals surface area contributed by atoms with Crippen molar-refractivity contribution in [3.63, 3.8) is 0 Å². The third kappa shape index (κ3) is 13.7. The largest absolute Gasteiger partial charge is 0.490 e. The summed E-state index contributed by atoms with van der Waals surface area (Å²) in [7, 11) is 0. The van der Waals surface area contributed by atoms with Crippen LogP contribution in [-0.2, 0) is 11.2 Å². The fourth-order valence-corrected chi connectivity index (χ4v) is 2.40. The molecule has 0 fully saturated rings. The van der Waals surface area contributed by atoms with E-state index in [2.05, 4.69) is 32.7 Å². The number of aryl methyl sites for hydroxylation is 2. The lowest BCUT2D eigenvalue weighted by Crippen LogP contribution is -2.43. The summed E-state index contributed by atoms with van der Waals surface area (Å²) in [5.74, 6) is -2.61. The number of alkyl halides is 3. The van der Waals surface area contributed by atoms with Crippen LogP contribution in [0.2, 0.25) is 0 Å². The third-order valence-electron chi connectivity index (χ3n) is 2.95. The van der Waals surface area contributed by atoms with Crippen molar-refractivity contribution in [2.75, 3.05) is 13.1 Å². The molecule has 0 aromatic carbocycles. The van der Waals surface area contributed by atoms with Crippen molar-refractivity contribution in [2.45, 2.75) is 52.1 Å². The molecule has 28 heavy (non-hydrogen) atoms. The van der Waals surface area contributed by atoms with Crippen LogP contribution in [0.3, 0.4) is 0 Å². The molecule has 1 aromatic rings. The molecule has 160 valence electrons. The molecule has 0 radical (unpaired) electrons. The predicted octanol–water partition coefficient (Wildman–Crippen LogP) is 2.22. The molecule has 1 aromatic heterocycles. The van der Waals surface area contributed by atoms with E-state index in [1.807, 2.05) is 6.92 Å². The number of nitrogens with one attached hydrogen (secondary N) is 2. The number of carbonyl (C=O) groups is 2. The van der Waals surface area contributed by atoms with Crippen molar-refractivity contribution < 1.29 is 27.9 Å². The number of carboxylic acids is 1. The summed E-state index contributed by atoms with van der Waals surface area (Å²) in [6, 6.07) is -0.299. The minimum Gasteiger partial charge on any atom is -0.475 e. The minimum absolute atomic E-state index is 0.149.